The molecule has 1 saturated carbocycles. The Balaban J connectivity index is 2.23. The van der Waals surface area contributed by atoms with Crippen LogP contribution in [0.25, 0.3) is 6.08 Å². The maximum atomic E-state index is 3.79. The summed E-state index contributed by atoms with van der Waals surface area (Å²) in [5.41, 5.74) is 2.68. The van der Waals surface area contributed by atoms with E-state index in [1.165, 1.54) is 47.7 Å². The normalized spacial score (nSPS) is 17.7. The number of benzene rings is 1. The second kappa shape index (κ2) is 4.98. The second-order valence-electron chi connectivity index (χ2n) is 4.32. The van der Waals surface area contributed by atoms with Crippen LogP contribution in [0, 0.1) is 0 Å². The Morgan fingerprint density at radius 3 is 2.53 bits per heavy atom. The fourth-order valence-electron chi connectivity index (χ4n) is 2.42. The Morgan fingerprint density at radius 2 is 1.93 bits per heavy atom. The summed E-state index contributed by atoms with van der Waals surface area (Å²) in [6, 6.07) is 6.61. The highest BCUT2D eigenvalue weighted by Crippen LogP contribution is 2.36. The maximum Gasteiger partial charge on any atom is 0.0216 e. The van der Waals surface area contributed by atoms with Gasteiger partial charge in [0.25, 0.3) is 0 Å². The van der Waals surface area contributed by atoms with Crippen molar-refractivity contribution in [2.24, 2.45) is 0 Å². The van der Waals surface area contributed by atoms with Crippen LogP contribution in [0.5, 0.6) is 0 Å². The highest BCUT2D eigenvalue weighted by molar-refractivity contribution is 9.10. The molecular formula is C14H17Br. The molecule has 1 fully saturated rings. The molecule has 0 aromatic heterocycles. The first-order valence-electron chi connectivity index (χ1n) is 5.73. The first kappa shape index (κ1) is 10.9. The van der Waals surface area contributed by atoms with Gasteiger partial charge in [0.05, 0.1) is 0 Å². The second-order valence-corrected chi connectivity index (χ2v) is 5.17. The molecule has 80 valence electrons. The van der Waals surface area contributed by atoms with Gasteiger partial charge in [-0.1, -0.05) is 60.0 Å². The molecule has 1 aromatic carbocycles. The van der Waals surface area contributed by atoms with Crippen molar-refractivity contribution in [3.8, 4) is 0 Å². The van der Waals surface area contributed by atoms with Crippen LogP contribution in [-0.2, 0) is 0 Å². The number of hydrogen-bond donors (Lipinski definition) is 0. The van der Waals surface area contributed by atoms with Crippen LogP contribution in [0.4, 0.5) is 0 Å². The van der Waals surface area contributed by atoms with Gasteiger partial charge in [-0.3, -0.25) is 0 Å². The monoisotopic (exact) mass is 264 g/mol. The topological polar surface area (TPSA) is 0 Å². The summed E-state index contributed by atoms with van der Waals surface area (Å²) in [5, 5.41) is 0. The smallest absolute Gasteiger partial charge is 0.0216 e. The molecule has 1 aromatic rings. The van der Waals surface area contributed by atoms with E-state index in [2.05, 4.69) is 40.7 Å². The predicted molar refractivity (Wildman–Crippen MR) is 70.1 cm³/mol. The van der Waals surface area contributed by atoms with E-state index in [-0.39, 0.29) is 0 Å². The van der Waals surface area contributed by atoms with Crippen LogP contribution < -0.4 is 0 Å². The largest absolute Gasteiger partial charge is 0.0985 e. The predicted octanol–water partition coefficient (Wildman–Crippen LogP) is 5.14. The molecule has 1 heteroatoms. The average molecular weight is 265 g/mol. The fraction of sp³-hybridized carbons (Fsp3) is 0.429. The summed E-state index contributed by atoms with van der Waals surface area (Å²) >= 11 is 3.68. The van der Waals surface area contributed by atoms with Crippen LogP contribution in [0.1, 0.15) is 49.1 Å². The van der Waals surface area contributed by atoms with Gasteiger partial charge < -0.3 is 0 Å². The molecule has 0 amide bonds. The van der Waals surface area contributed by atoms with E-state index in [4.69, 9.17) is 0 Å². The van der Waals surface area contributed by atoms with Gasteiger partial charge >= 0.3 is 0 Å². The Hall–Kier alpha value is -0.560. The summed E-state index contributed by atoms with van der Waals surface area (Å²) in [4.78, 5) is 0. The lowest BCUT2D eigenvalue weighted by Gasteiger charge is -2.23. The Bertz CT molecular complexity index is 348. The molecule has 0 saturated heterocycles. The van der Waals surface area contributed by atoms with Crippen molar-refractivity contribution in [2.45, 2.75) is 38.0 Å². The van der Waals surface area contributed by atoms with Crippen molar-refractivity contribution in [1.29, 1.82) is 0 Å². The maximum absolute atomic E-state index is 3.79. The lowest BCUT2D eigenvalue weighted by molar-refractivity contribution is 0.442. The van der Waals surface area contributed by atoms with Gasteiger partial charge in [-0.25, -0.2) is 0 Å². The molecule has 1 aliphatic rings. The van der Waals surface area contributed by atoms with Gasteiger partial charge in [0.1, 0.15) is 0 Å². The Morgan fingerprint density at radius 1 is 1.20 bits per heavy atom. The van der Waals surface area contributed by atoms with Crippen molar-refractivity contribution >= 4 is 22.0 Å². The lowest BCUT2D eigenvalue weighted by atomic mass is 9.84. The summed E-state index contributed by atoms with van der Waals surface area (Å²) in [6.45, 7) is 3.79. The van der Waals surface area contributed by atoms with Gasteiger partial charge in [-0.2, -0.15) is 0 Å². The Labute approximate surface area is 101 Å². The van der Waals surface area contributed by atoms with Crippen LogP contribution in [0.3, 0.4) is 0 Å². The van der Waals surface area contributed by atoms with Crippen LogP contribution in [0.15, 0.2) is 29.3 Å². The van der Waals surface area contributed by atoms with Crippen LogP contribution >= 0.6 is 15.9 Å². The number of rotatable bonds is 2. The Kier molecular flexibility index (Phi) is 3.63. The van der Waals surface area contributed by atoms with E-state index in [0.29, 0.717) is 0 Å². The fourth-order valence-corrected chi connectivity index (χ4v) is 3.14. The lowest BCUT2D eigenvalue weighted by Crippen LogP contribution is -2.05. The summed E-state index contributed by atoms with van der Waals surface area (Å²) in [7, 11) is 0. The molecule has 0 N–H and O–H groups in total. The average Bonchev–Trinajstić information content (AvgIpc) is 2.30. The third-order valence-electron chi connectivity index (χ3n) is 3.31. The highest BCUT2D eigenvalue weighted by Gasteiger charge is 2.17. The summed E-state index contributed by atoms with van der Waals surface area (Å²) in [5.74, 6) is 0.770. The van der Waals surface area contributed by atoms with Crippen LogP contribution in [0.2, 0.25) is 0 Å². The van der Waals surface area contributed by atoms with E-state index in [1.54, 1.807) is 0 Å². The first-order valence-corrected chi connectivity index (χ1v) is 6.52. The van der Waals surface area contributed by atoms with Gasteiger partial charge in [0, 0.05) is 4.47 Å². The quantitative estimate of drug-likeness (QED) is 0.694. The van der Waals surface area contributed by atoms with E-state index in [9.17, 15) is 0 Å². The van der Waals surface area contributed by atoms with Crippen molar-refractivity contribution in [2.75, 3.05) is 0 Å². The molecule has 0 radical (unpaired) electrons. The zero-order valence-corrected chi connectivity index (χ0v) is 10.6. The zero-order chi connectivity index (χ0) is 10.7. The minimum Gasteiger partial charge on any atom is -0.0985 e. The molecule has 0 atom stereocenters. The molecule has 0 aliphatic heterocycles. The van der Waals surface area contributed by atoms with E-state index >= 15 is 0 Å². The number of halogens is 1. The standard InChI is InChI=1S/C14H17Br/c1-2-11-8-9-13(14(15)10-11)12-6-4-3-5-7-12/h2,8-10,12H,1,3-7H2. The molecule has 0 bridgehead atoms. The van der Waals surface area contributed by atoms with Gasteiger partial charge in [-0.15, -0.1) is 0 Å². The van der Waals surface area contributed by atoms with Gasteiger partial charge in [-0.05, 0) is 36.0 Å². The van der Waals surface area contributed by atoms with Crippen molar-refractivity contribution in [3.63, 3.8) is 0 Å². The van der Waals surface area contributed by atoms with E-state index in [0.717, 1.165) is 5.92 Å². The SMILES string of the molecule is C=Cc1ccc(C2CCCCC2)c(Br)c1. The van der Waals surface area contributed by atoms with E-state index < -0.39 is 0 Å². The third-order valence-corrected chi connectivity index (χ3v) is 3.99. The molecule has 0 nitrogen and oxygen atoms in total. The first-order chi connectivity index (χ1) is 7.31. The van der Waals surface area contributed by atoms with E-state index in [1.807, 2.05) is 6.08 Å². The molecule has 0 spiro atoms. The summed E-state index contributed by atoms with van der Waals surface area (Å²) < 4.78 is 1.26. The highest BCUT2D eigenvalue weighted by atomic mass is 79.9. The minimum absolute atomic E-state index is 0.770. The molecule has 0 unspecified atom stereocenters. The summed E-state index contributed by atoms with van der Waals surface area (Å²) in [6.07, 6.45) is 8.80. The van der Waals surface area contributed by atoms with Crippen molar-refractivity contribution < 1.29 is 0 Å². The molecule has 15 heavy (non-hydrogen) atoms. The molecule has 2 rings (SSSR count). The van der Waals surface area contributed by atoms with Crippen LogP contribution in [-0.4, -0.2) is 0 Å². The molecule has 0 heterocycles. The third kappa shape index (κ3) is 2.52. The molecular weight excluding hydrogens is 248 g/mol. The number of hydrogen-bond acceptors (Lipinski definition) is 0. The molecule has 1 aliphatic carbocycles. The zero-order valence-electron chi connectivity index (χ0n) is 9.01. The van der Waals surface area contributed by atoms with Crippen molar-refractivity contribution in [3.05, 3.63) is 40.4 Å². The van der Waals surface area contributed by atoms with Gasteiger partial charge in [0.2, 0.25) is 0 Å². The van der Waals surface area contributed by atoms with Gasteiger partial charge in [0.15, 0.2) is 0 Å². The minimum atomic E-state index is 0.770. The van der Waals surface area contributed by atoms with Crippen molar-refractivity contribution in [1.82, 2.24) is 0 Å².